The lowest BCUT2D eigenvalue weighted by molar-refractivity contribution is 0.406. The van der Waals surface area contributed by atoms with Gasteiger partial charge in [-0.3, -0.25) is 9.97 Å². The first-order valence-electron chi connectivity index (χ1n) is 6.72. The number of hydrogen-bond acceptors (Lipinski definition) is 4. The van der Waals surface area contributed by atoms with E-state index in [1.54, 1.807) is 7.11 Å². The first kappa shape index (κ1) is 14.5. The van der Waals surface area contributed by atoms with Crippen molar-refractivity contribution in [2.45, 2.75) is 33.9 Å². The van der Waals surface area contributed by atoms with E-state index >= 15 is 0 Å². The summed E-state index contributed by atoms with van der Waals surface area (Å²) in [5.41, 5.74) is 5.66. The average molecular weight is 271 g/mol. The van der Waals surface area contributed by atoms with Gasteiger partial charge in [-0.1, -0.05) is 0 Å². The number of nitrogens with one attached hydrogen (secondary N) is 1. The molecule has 2 aromatic heterocycles. The Kier molecular flexibility index (Phi) is 4.69. The lowest BCUT2D eigenvalue weighted by Gasteiger charge is -2.13. The fourth-order valence-electron chi connectivity index (χ4n) is 2.27. The number of rotatable bonds is 5. The van der Waals surface area contributed by atoms with Gasteiger partial charge in [0.05, 0.1) is 12.8 Å². The Morgan fingerprint density at radius 1 is 1.10 bits per heavy atom. The summed E-state index contributed by atoms with van der Waals surface area (Å²) in [5.74, 6) is 0.928. The maximum Gasteiger partial charge on any atom is 0.128 e. The van der Waals surface area contributed by atoms with Crippen molar-refractivity contribution in [2.75, 3.05) is 7.11 Å². The molecular weight excluding hydrogens is 250 g/mol. The maximum atomic E-state index is 5.42. The largest absolute Gasteiger partial charge is 0.496 e. The molecule has 0 bridgehead atoms. The molecule has 0 amide bonds. The summed E-state index contributed by atoms with van der Waals surface area (Å²) in [6.07, 6.45) is 5.57. The molecule has 106 valence electrons. The predicted molar refractivity (Wildman–Crippen MR) is 79.8 cm³/mol. The third-order valence-electron chi connectivity index (χ3n) is 3.49. The van der Waals surface area contributed by atoms with Gasteiger partial charge >= 0.3 is 0 Å². The van der Waals surface area contributed by atoms with Gasteiger partial charge in [-0.15, -0.1) is 0 Å². The van der Waals surface area contributed by atoms with Gasteiger partial charge in [-0.05, 0) is 38.0 Å². The molecule has 0 unspecified atom stereocenters. The van der Waals surface area contributed by atoms with Crippen molar-refractivity contribution in [3.8, 4) is 5.75 Å². The van der Waals surface area contributed by atoms with E-state index in [4.69, 9.17) is 4.74 Å². The summed E-state index contributed by atoms with van der Waals surface area (Å²) in [5, 5.41) is 3.42. The molecule has 0 radical (unpaired) electrons. The molecule has 4 heteroatoms. The lowest BCUT2D eigenvalue weighted by Crippen LogP contribution is -2.16. The van der Waals surface area contributed by atoms with Gasteiger partial charge in [-0.25, -0.2) is 0 Å². The highest BCUT2D eigenvalue weighted by Gasteiger charge is 2.09. The smallest absolute Gasteiger partial charge is 0.128 e. The van der Waals surface area contributed by atoms with E-state index in [0.29, 0.717) is 0 Å². The number of methoxy groups -OCH3 is 1. The second kappa shape index (κ2) is 6.48. The van der Waals surface area contributed by atoms with Crippen molar-refractivity contribution in [1.29, 1.82) is 0 Å². The second-order valence-corrected chi connectivity index (χ2v) is 4.95. The molecule has 2 rings (SSSR count). The Balaban J connectivity index is 2.03. The highest BCUT2D eigenvalue weighted by molar-refractivity contribution is 5.41. The molecule has 0 fully saturated rings. The van der Waals surface area contributed by atoms with Crippen LogP contribution in [0.5, 0.6) is 5.75 Å². The van der Waals surface area contributed by atoms with E-state index in [1.165, 1.54) is 11.1 Å². The monoisotopic (exact) mass is 271 g/mol. The first-order chi connectivity index (χ1) is 9.63. The number of aromatic nitrogens is 2. The van der Waals surface area contributed by atoms with Crippen LogP contribution in [0.15, 0.2) is 24.7 Å². The molecule has 0 aliphatic rings. The third kappa shape index (κ3) is 3.14. The Hall–Kier alpha value is -1.94. The SMILES string of the molecule is COc1c(C)cnc(CNCc2ccncc2C)c1C. The van der Waals surface area contributed by atoms with E-state index < -0.39 is 0 Å². The highest BCUT2D eigenvalue weighted by atomic mass is 16.5. The van der Waals surface area contributed by atoms with Crippen LogP contribution in [0, 0.1) is 20.8 Å². The molecule has 0 atom stereocenters. The van der Waals surface area contributed by atoms with Crippen LogP contribution in [-0.4, -0.2) is 17.1 Å². The topological polar surface area (TPSA) is 47.0 Å². The van der Waals surface area contributed by atoms with Crippen molar-refractivity contribution in [3.63, 3.8) is 0 Å². The minimum Gasteiger partial charge on any atom is -0.496 e. The van der Waals surface area contributed by atoms with Gasteiger partial charge in [0.25, 0.3) is 0 Å². The third-order valence-corrected chi connectivity index (χ3v) is 3.49. The van der Waals surface area contributed by atoms with Gasteiger partial charge < -0.3 is 10.1 Å². The van der Waals surface area contributed by atoms with Crippen molar-refractivity contribution in [1.82, 2.24) is 15.3 Å². The molecule has 20 heavy (non-hydrogen) atoms. The molecule has 0 saturated heterocycles. The summed E-state index contributed by atoms with van der Waals surface area (Å²) in [6, 6.07) is 2.04. The van der Waals surface area contributed by atoms with Crippen LogP contribution in [0.1, 0.15) is 27.9 Å². The molecular formula is C16H21N3O. The standard InChI is InChI=1S/C16H21N3O/c1-11-7-17-6-5-14(11)9-18-10-15-13(3)16(20-4)12(2)8-19-15/h5-8,18H,9-10H2,1-4H3. The molecule has 0 spiro atoms. The molecule has 0 aromatic carbocycles. The molecule has 0 aliphatic carbocycles. The van der Waals surface area contributed by atoms with Crippen LogP contribution in [0.2, 0.25) is 0 Å². The van der Waals surface area contributed by atoms with Gasteiger partial charge in [0.2, 0.25) is 0 Å². The normalized spacial score (nSPS) is 10.6. The lowest BCUT2D eigenvalue weighted by atomic mass is 10.1. The van der Waals surface area contributed by atoms with E-state index in [2.05, 4.69) is 22.2 Å². The minimum absolute atomic E-state index is 0.726. The number of ether oxygens (including phenoxy) is 1. The second-order valence-electron chi connectivity index (χ2n) is 4.95. The predicted octanol–water partition coefficient (Wildman–Crippen LogP) is 2.70. The van der Waals surface area contributed by atoms with Gasteiger partial charge in [-0.2, -0.15) is 0 Å². The van der Waals surface area contributed by atoms with Crippen LogP contribution >= 0.6 is 0 Å². The Labute approximate surface area is 120 Å². The maximum absolute atomic E-state index is 5.42. The van der Waals surface area contributed by atoms with Crippen molar-refractivity contribution in [2.24, 2.45) is 0 Å². The fourth-order valence-corrected chi connectivity index (χ4v) is 2.27. The highest BCUT2D eigenvalue weighted by Crippen LogP contribution is 2.23. The average Bonchev–Trinajstić information content (AvgIpc) is 2.44. The molecule has 2 aromatic rings. The van der Waals surface area contributed by atoms with Crippen LogP contribution in [-0.2, 0) is 13.1 Å². The van der Waals surface area contributed by atoms with E-state index in [1.807, 2.05) is 38.5 Å². The van der Waals surface area contributed by atoms with Gasteiger partial charge in [0.15, 0.2) is 0 Å². The molecule has 0 aliphatic heterocycles. The van der Waals surface area contributed by atoms with Crippen molar-refractivity contribution in [3.05, 3.63) is 52.6 Å². The van der Waals surface area contributed by atoms with Crippen LogP contribution in [0.4, 0.5) is 0 Å². The van der Waals surface area contributed by atoms with E-state index in [-0.39, 0.29) is 0 Å². The summed E-state index contributed by atoms with van der Waals surface area (Å²) >= 11 is 0. The van der Waals surface area contributed by atoms with Crippen LogP contribution < -0.4 is 10.1 Å². The molecule has 2 heterocycles. The summed E-state index contributed by atoms with van der Waals surface area (Å²) in [4.78, 5) is 8.59. The number of aryl methyl sites for hydroxylation is 2. The Bertz CT molecular complexity index is 596. The zero-order valence-electron chi connectivity index (χ0n) is 12.5. The summed E-state index contributed by atoms with van der Waals surface area (Å²) in [6.45, 7) is 7.67. The van der Waals surface area contributed by atoms with Gasteiger partial charge in [0.1, 0.15) is 5.75 Å². The number of pyridine rings is 2. The fraction of sp³-hybridized carbons (Fsp3) is 0.375. The first-order valence-corrected chi connectivity index (χ1v) is 6.72. The molecule has 0 saturated carbocycles. The minimum atomic E-state index is 0.726. The van der Waals surface area contributed by atoms with Gasteiger partial charge in [0, 0.05) is 42.8 Å². The van der Waals surface area contributed by atoms with Crippen LogP contribution in [0.25, 0.3) is 0 Å². The number of nitrogens with zero attached hydrogens (tertiary/aromatic N) is 2. The molecule has 4 nitrogen and oxygen atoms in total. The Morgan fingerprint density at radius 3 is 2.60 bits per heavy atom. The van der Waals surface area contributed by atoms with Crippen molar-refractivity contribution < 1.29 is 4.74 Å². The van der Waals surface area contributed by atoms with E-state index in [9.17, 15) is 0 Å². The zero-order chi connectivity index (χ0) is 14.5. The molecule has 1 N–H and O–H groups in total. The van der Waals surface area contributed by atoms with Crippen molar-refractivity contribution >= 4 is 0 Å². The quantitative estimate of drug-likeness (QED) is 0.908. The van der Waals surface area contributed by atoms with Crippen LogP contribution in [0.3, 0.4) is 0 Å². The van der Waals surface area contributed by atoms with E-state index in [0.717, 1.165) is 35.7 Å². The summed E-state index contributed by atoms with van der Waals surface area (Å²) in [7, 11) is 1.70. The number of hydrogen-bond donors (Lipinski definition) is 1. The zero-order valence-corrected chi connectivity index (χ0v) is 12.5. The Morgan fingerprint density at radius 2 is 1.90 bits per heavy atom. The summed E-state index contributed by atoms with van der Waals surface area (Å²) < 4.78 is 5.42.